The lowest BCUT2D eigenvalue weighted by Crippen LogP contribution is -2.36. The molecule has 1 amide bonds. The summed E-state index contributed by atoms with van der Waals surface area (Å²) >= 11 is 0. The van der Waals surface area contributed by atoms with Gasteiger partial charge in [0, 0.05) is 32.1 Å². The SMILES string of the molecule is O=C(Nc1cn(C2CCC(CCO)CC2)nc1C(F)F)c1cnn2ccc(N3CCOCC3)nc12. The number of fused-ring (bicyclic) bond motifs is 1. The van der Waals surface area contributed by atoms with Crippen molar-refractivity contribution < 1.29 is 23.4 Å². The smallest absolute Gasteiger partial charge is 0.284 e. The summed E-state index contributed by atoms with van der Waals surface area (Å²) in [7, 11) is 0. The Hall–Kier alpha value is -3.12. The highest BCUT2D eigenvalue weighted by Gasteiger charge is 2.27. The van der Waals surface area contributed by atoms with Crippen molar-refractivity contribution in [1.29, 1.82) is 0 Å². The van der Waals surface area contributed by atoms with E-state index in [0.717, 1.165) is 32.1 Å². The lowest BCUT2D eigenvalue weighted by atomic mass is 9.84. The summed E-state index contributed by atoms with van der Waals surface area (Å²) in [6, 6.07) is 1.81. The van der Waals surface area contributed by atoms with Crippen molar-refractivity contribution in [3.63, 3.8) is 0 Å². The molecule has 35 heavy (non-hydrogen) atoms. The number of aliphatic hydroxyl groups excluding tert-OH is 1. The highest BCUT2D eigenvalue weighted by Crippen LogP contribution is 2.36. The molecule has 0 aromatic carbocycles. The minimum atomic E-state index is -2.83. The molecule has 0 atom stereocenters. The number of halogens is 2. The van der Waals surface area contributed by atoms with Crippen LogP contribution in [0.15, 0.2) is 24.7 Å². The Morgan fingerprint density at radius 3 is 2.71 bits per heavy atom. The van der Waals surface area contributed by atoms with E-state index in [2.05, 4.69) is 25.4 Å². The fourth-order valence-corrected chi connectivity index (χ4v) is 4.91. The van der Waals surface area contributed by atoms with E-state index in [-0.39, 0.29) is 23.9 Å². The van der Waals surface area contributed by atoms with Gasteiger partial charge in [-0.25, -0.2) is 18.3 Å². The third-order valence-corrected chi connectivity index (χ3v) is 6.88. The third kappa shape index (κ3) is 4.98. The molecular weight excluding hydrogens is 460 g/mol. The summed E-state index contributed by atoms with van der Waals surface area (Å²) in [6.07, 6.45) is 5.95. The number of rotatable bonds is 7. The molecule has 1 aliphatic carbocycles. The molecule has 12 heteroatoms. The van der Waals surface area contributed by atoms with Gasteiger partial charge in [-0.1, -0.05) is 0 Å². The normalized spacial score (nSPS) is 21.1. The number of hydrogen-bond acceptors (Lipinski definition) is 7. The van der Waals surface area contributed by atoms with Gasteiger partial charge in [-0.15, -0.1) is 0 Å². The molecule has 3 aromatic heterocycles. The van der Waals surface area contributed by atoms with E-state index >= 15 is 0 Å². The van der Waals surface area contributed by atoms with E-state index in [0.29, 0.717) is 43.7 Å². The zero-order chi connectivity index (χ0) is 24.4. The summed E-state index contributed by atoms with van der Waals surface area (Å²) in [5, 5.41) is 20.1. The first kappa shape index (κ1) is 23.6. The van der Waals surface area contributed by atoms with E-state index in [9.17, 15) is 13.6 Å². The first-order valence-electron chi connectivity index (χ1n) is 12.0. The molecule has 5 rings (SSSR count). The molecule has 2 N–H and O–H groups in total. The fourth-order valence-electron chi connectivity index (χ4n) is 4.91. The highest BCUT2D eigenvalue weighted by atomic mass is 19.3. The Morgan fingerprint density at radius 1 is 1.23 bits per heavy atom. The Morgan fingerprint density at radius 2 is 2.00 bits per heavy atom. The number of carbonyl (C=O) groups excluding carboxylic acids is 1. The Balaban J connectivity index is 1.35. The van der Waals surface area contributed by atoms with Gasteiger partial charge in [0.2, 0.25) is 0 Å². The molecule has 1 saturated carbocycles. The number of amides is 1. The summed E-state index contributed by atoms with van der Waals surface area (Å²) in [4.78, 5) is 19.8. The molecule has 3 aromatic rings. The van der Waals surface area contributed by atoms with Crippen molar-refractivity contribution >= 4 is 23.1 Å². The van der Waals surface area contributed by atoms with Crippen molar-refractivity contribution in [2.75, 3.05) is 43.1 Å². The van der Waals surface area contributed by atoms with Gasteiger partial charge in [0.05, 0.1) is 31.1 Å². The maximum atomic E-state index is 13.8. The zero-order valence-corrected chi connectivity index (χ0v) is 19.3. The quantitative estimate of drug-likeness (QED) is 0.525. The maximum Gasteiger partial charge on any atom is 0.284 e. The monoisotopic (exact) mass is 489 g/mol. The average molecular weight is 490 g/mol. The van der Waals surface area contributed by atoms with E-state index in [1.54, 1.807) is 10.9 Å². The second-order valence-electron chi connectivity index (χ2n) is 9.06. The van der Waals surface area contributed by atoms with Crippen LogP contribution < -0.4 is 10.2 Å². The number of nitrogens with zero attached hydrogens (tertiary/aromatic N) is 6. The summed E-state index contributed by atoms with van der Waals surface area (Å²) < 4.78 is 36.0. The topological polar surface area (TPSA) is 110 Å². The molecule has 0 spiro atoms. The number of hydrogen-bond donors (Lipinski definition) is 2. The third-order valence-electron chi connectivity index (χ3n) is 6.88. The van der Waals surface area contributed by atoms with Crippen LogP contribution in [0.2, 0.25) is 0 Å². The second-order valence-corrected chi connectivity index (χ2v) is 9.06. The fraction of sp³-hybridized carbons (Fsp3) is 0.565. The minimum Gasteiger partial charge on any atom is -0.396 e. The van der Waals surface area contributed by atoms with E-state index < -0.39 is 18.0 Å². The first-order chi connectivity index (χ1) is 17.0. The molecule has 0 radical (unpaired) electrons. The molecule has 4 heterocycles. The van der Waals surface area contributed by atoms with Gasteiger partial charge in [-0.3, -0.25) is 9.48 Å². The molecule has 0 unspecified atom stereocenters. The summed E-state index contributed by atoms with van der Waals surface area (Å²) in [6.45, 7) is 2.75. The van der Waals surface area contributed by atoms with Crippen molar-refractivity contribution in [2.24, 2.45) is 5.92 Å². The Kier molecular flexibility index (Phi) is 6.91. The highest BCUT2D eigenvalue weighted by molar-refractivity contribution is 6.08. The predicted molar refractivity (Wildman–Crippen MR) is 124 cm³/mol. The molecule has 2 aliphatic rings. The number of morpholine rings is 1. The molecule has 0 bridgehead atoms. The van der Waals surface area contributed by atoms with Crippen molar-refractivity contribution in [2.45, 2.75) is 44.6 Å². The standard InChI is InChI=1S/C23H29F2N7O3/c24-21(25)20-18(14-32(29-20)16-3-1-15(2-4-16)6-10-33)27-23(34)17-13-26-31-7-5-19(28-22(17)31)30-8-11-35-12-9-30/h5,7,13-16,21,33H,1-4,6,8-12H2,(H,27,34). The van der Waals surface area contributed by atoms with Crippen LogP contribution in [-0.4, -0.2) is 68.3 Å². The van der Waals surface area contributed by atoms with Crippen LogP contribution in [0.5, 0.6) is 0 Å². The van der Waals surface area contributed by atoms with Gasteiger partial charge in [0.25, 0.3) is 12.3 Å². The van der Waals surface area contributed by atoms with Crippen LogP contribution in [0.3, 0.4) is 0 Å². The summed E-state index contributed by atoms with van der Waals surface area (Å²) in [5.74, 6) is 0.582. The van der Waals surface area contributed by atoms with E-state index in [1.165, 1.54) is 16.9 Å². The number of aliphatic hydroxyl groups is 1. The van der Waals surface area contributed by atoms with Crippen LogP contribution in [0.25, 0.3) is 5.65 Å². The molecule has 1 aliphatic heterocycles. The molecule has 2 fully saturated rings. The maximum absolute atomic E-state index is 13.8. The van der Waals surface area contributed by atoms with Crippen molar-refractivity contribution in [1.82, 2.24) is 24.4 Å². The Bertz CT molecular complexity index is 1170. The largest absolute Gasteiger partial charge is 0.396 e. The number of alkyl halides is 2. The molecule has 10 nitrogen and oxygen atoms in total. The van der Waals surface area contributed by atoms with Crippen LogP contribution >= 0.6 is 0 Å². The Labute approximate surface area is 200 Å². The zero-order valence-electron chi connectivity index (χ0n) is 19.3. The van der Waals surface area contributed by atoms with Gasteiger partial charge >= 0.3 is 0 Å². The van der Waals surface area contributed by atoms with Crippen LogP contribution in [0.4, 0.5) is 20.3 Å². The first-order valence-corrected chi connectivity index (χ1v) is 12.0. The van der Waals surface area contributed by atoms with Gasteiger partial charge in [0.1, 0.15) is 11.4 Å². The second kappa shape index (κ2) is 10.2. The molecular formula is C23H29F2N7O3. The number of anilines is 2. The number of nitrogens with one attached hydrogen (secondary N) is 1. The van der Waals surface area contributed by atoms with Gasteiger partial charge in [0.15, 0.2) is 11.3 Å². The summed E-state index contributed by atoms with van der Waals surface area (Å²) in [5.41, 5.74) is 0.0812. The van der Waals surface area contributed by atoms with Gasteiger partial charge in [-0.2, -0.15) is 10.2 Å². The van der Waals surface area contributed by atoms with E-state index in [1.807, 2.05) is 6.07 Å². The van der Waals surface area contributed by atoms with Gasteiger partial charge in [-0.05, 0) is 44.1 Å². The number of carbonyl (C=O) groups is 1. The lowest BCUT2D eigenvalue weighted by Gasteiger charge is -2.28. The lowest BCUT2D eigenvalue weighted by molar-refractivity contribution is 0.102. The average Bonchev–Trinajstić information content (AvgIpc) is 3.49. The van der Waals surface area contributed by atoms with Gasteiger partial charge < -0.3 is 20.1 Å². The minimum absolute atomic E-state index is 0.00818. The van der Waals surface area contributed by atoms with Crippen molar-refractivity contribution in [3.8, 4) is 0 Å². The van der Waals surface area contributed by atoms with Crippen molar-refractivity contribution in [3.05, 3.63) is 35.9 Å². The molecule has 1 saturated heterocycles. The molecule has 188 valence electrons. The predicted octanol–water partition coefficient (Wildman–Crippen LogP) is 3.07. The number of ether oxygens (including phenoxy) is 1. The van der Waals surface area contributed by atoms with Crippen LogP contribution in [0.1, 0.15) is 60.6 Å². The van der Waals surface area contributed by atoms with E-state index in [4.69, 9.17) is 9.84 Å². The van der Waals surface area contributed by atoms with Crippen LogP contribution in [-0.2, 0) is 4.74 Å². The number of aromatic nitrogens is 5. The van der Waals surface area contributed by atoms with Crippen LogP contribution in [0, 0.1) is 5.92 Å².